The highest BCUT2D eigenvalue weighted by Crippen LogP contribution is 2.22. The quantitative estimate of drug-likeness (QED) is 0.824. The average molecular weight is 327 g/mol. The Morgan fingerprint density at radius 2 is 1.73 bits per heavy atom. The van der Waals surface area contributed by atoms with E-state index < -0.39 is 10.0 Å². The van der Waals surface area contributed by atoms with Crippen LogP contribution in [-0.4, -0.2) is 56.1 Å². The zero-order valence-corrected chi connectivity index (χ0v) is 14.5. The van der Waals surface area contributed by atoms with Crippen LogP contribution in [0.5, 0.6) is 0 Å². The molecule has 124 valence electrons. The second kappa shape index (κ2) is 6.93. The van der Waals surface area contributed by atoms with Crippen molar-refractivity contribution in [2.24, 2.45) is 0 Å². The number of morpholine rings is 1. The lowest BCUT2D eigenvalue weighted by atomic mass is 10.3. The first-order valence-corrected chi connectivity index (χ1v) is 9.10. The van der Waals surface area contributed by atoms with Gasteiger partial charge in [0.15, 0.2) is 0 Å². The second-order valence-electron chi connectivity index (χ2n) is 5.97. The molecule has 1 saturated heterocycles. The molecule has 0 unspecified atom stereocenters. The van der Waals surface area contributed by atoms with Gasteiger partial charge in [0.25, 0.3) is 0 Å². The summed E-state index contributed by atoms with van der Waals surface area (Å²) in [6.45, 7) is 10.4. The number of anilines is 1. The lowest BCUT2D eigenvalue weighted by Gasteiger charge is -2.30. The molecule has 2 rings (SSSR count). The van der Waals surface area contributed by atoms with E-state index in [9.17, 15) is 8.42 Å². The van der Waals surface area contributed by atoms with E-state index in [1.807, 2.05) is 27.7 Å². The Morgan fingerprint density at radius 1 is 1.14 bits per heavy atom. The molecular formula is C15H25N3O3S. The van der Waals surface area contributed by atoms with E-state index in [0.717, 1.165) is 18.9 Å². The molecule has 0 saturated carbocycles. The molecule has 0 bridgehead atoms. The number of hydrogen-bond acceptors (Lipinski definition) is 5. The minimum atomic E-state index is -3.52. The number of pyridine rings is 1. The lowest BCUT2D eigenvalue weighted by molar-refractivity contribution is 0.122. The van der Waals surface area contributed by atoms with Gasteiger partial charge in [0, 0.05) is 31.4 Å². The Kier molecular flexibility index (Phi) is 5.41. The molecule has 2 heterocycles. The van der Waals surface area contributed by atoms with Gasteiger partial charge < -0.3 is 9.64 Å². The Balaban J connectivity index is 2.25. The van der Waals surface area contributed by atoms with Gasteiger partial charge in [0.05, 0.1) is 13.2 Å². The summed E-state index contributed by atoms with van der Waals surface area (Å²) < 4.78 is 32.3. The fourth-order valence-corrected chi connectivity index (χ4v) is 4.56. The highest BCUT2D eigenvalue weighted by atomic mass is 32.2. The largest absolute Gasteiger partial charge is 0.378 e. The summed E-state index contributed by atoms with van der Waals surface area (Å²) in [4.78, 5) is 6.68. The van der Waals surface area contributed by atoms with E-state index in [-0.39, 0.29) is 17.0 Å². The van der Waals surface area contributed by atoms with Crippen molar-refractivity contribution in [1.82, 2.24) is 9.29 Å². The molecule has 1 aromatic rings. The van der Waals surface area contributed by atoms with Crippen molar-refractivity contribution in [2.75, 3.05) is 31.2 Å². The van der Waals surface area contributed by atoms with Gasteiger partial charge in [-0.05, 0) is 39.8 Å². The van der Waals surface area contributed by atoms with Gasteiger partial charge in [-0.2, -0.15) is 4.31 Å². The first-order chi connectivity index (χ1) is 10.3. The van der Waals surface area contributed by atoms with Crippen LogP contribution in [-0.2, 0) is 14.8 Å². The maximum atomic E-state index is 12.8. The zero-order valence-electron chi connectivity index (χ0n) is 13.7. The molecule has 7 heteroatoms. The molecule has 0 aromatic carbocycles. The molecule has 22 heavy (non-hydrogen) atoms. The summed E-state index contributed by atoms with van der Waals surface area (Å²) in [7, 11) is -3.52. The fraction of sp³-hybridized carbons (Fsp3) is 0.667. The van der Waals surface area contributed by atoms with Crippen molar-refractivity contribution in [3.05, 3.63) is 18.3 Å². The van der Waals surface area contributed by atoms with Gasteiger partial charge in [-0.15, -0.1) is 0 Å². The van der Waals surface area contributed by atoms with Crippen LogP contribution in [0.15, 0.2) is 23.2 Å². The predicted octanol–water partition coefficient (Wildman–Crippen LogP) is 1.73. The van der Waals surface area contributed by atoms with Crippen LogP contribution >= 0.6 is 0 Å². The van der Waals surface area contributed by atoms with E-state index in [1.54, 1.807) is 12.1 Å². The minimum Gasteiger partial charge on any atom is -0.378 e. The van der Waals surface area contributed by atoms with Gasteiger partial charge in [0.1, 0.15) is 10.7 Å². The van der Waals surface area contributed by atoms with Crippen LogP contribution in [0, 0.1) is 0 Å². The molecule has 1 fully saturated rings. The number of ether oxygens (including phenoxy) is 1. The van der Waals surface area contributed by atoms with E-state index in [2.05, 4.69) is 9.88 Å². The predicted molar refractivity (Wildman–Crippen MR) is 86.6 cm³/mol. The summed E-state index contributed by atoms with van der Waals surface area (Å²) in [5.41, 5.74) is 0. The number of hydrogen-bond donors (Lipinski definition) is 0. The highest BCUT2D eigenvalue weighted by molar-refractivity contribution is 7.89. The number of aromatic nitrogens is 1. The molecule has 0 radical (unpaired) electrons. The molecule has 0 N–H and O–H groups in total. The monoisotopic (exact) mass is 327 g/mol. The van der Waals surface area contributed by atoms with Crippen molar-refractivity contribution in [1.29, 1.82) is 0 Å². The van der Waals surface area contributed by atoms with Crippen LogP contribution in [0.25, 0.3) is 0 Å². The van der Waals surface area contributed by atoms with Gasteiger partial charge >= 0.3 is 0 Å². The topological polar surface area (TPSA) is 62.7 Å². The van der Waals surface area contributed by atoms with E-state index in [4.69, 9.17) is 4.74 Å². The molecule has 0 spiro atoms. The molecule has 0 atom stereocenters. The minimum absolute atomic E-state index is 0.0936. The third-order valence-electron chi connectivity index (χ3n) is 3.65. The fourth-order valence-electron chi connectivity index (χ4n) is 2.78. The first-order valence-electron chi connectivity index (χ1n) is 7.66. The molecule has 1 aliphatic heterocycles. The number of sulfonamides is 1. The van der Waals surface area contributed by atoms with Crippen LogP contribution in [0.3, 0.4) is 0 Å². The summed E-state index contributed by atoms with van der Waals surface area (Å²) >= 11 is 0. The Hall–Kier alpha value is -1.18. The van der Waals surface area contributed by atoms with E-state index in [0.29, 0.717) is 13.2 Å². The molecule has 6 nitrogen and oxygen atoms in total. The van der Waals surface area contributed by atoms with E-state index >= 15 is 0 Å². The highest BCUT2D eigenvalue weighted by Gasteiger charge is 2.29. The molecule has 0 amide bonds. The summed E-state index contributed by atoms with van der Waals surface area (Å²) in [5.74, 6) is 0.794. The van der Waals surface area contributed by atoms with Gasteiger partial charge in [-0.3, -0.25) is 0 Å². The number of nitrogens with zero attached hydrogens (tertiary/aromatic N) is 3. The SMILES string of the molecule is CC(C)N(C(C)C)S(=O)(=O)c1ccc(N2CCOCC2)nc1. The van der Waals surface area contributed by atoms with Crippen molar-refractivity contribution in [2.45, 2.75) is 44.7 Å². The smallest absolute Gasteiger partial charge is 0.245 e. The van der Waals surface area contributed by atoms with Crippen molar-refractivity contribution in [3.63, 3.8) is 0 Å². The standard InChI is InChI=1S/C15H25N3O3S/c1-12(2)18(13(3)4)22(19,20)14-5-6-15(16-11-14)17-7-9-21-10-8-17/h5-6,11-13H,7-10H2,1-4H3. The molecular weight excluding hydrogens is 302 g/mol. The van der Waals surface area contributed by atoms with Crippen molar-refractivity contribution < 1.29 is 13.2 Å². The molecule has 1 aromatic heterocycles. The molecule has 1 aliphatic rings. The maximum Gasteiger partial charge on any atom is 0.245 e. The third-order valence-corrected chi connectivity index (χ3v) is 5.88. The van der Waals surface area contributed by atoms with Crippen molar-refractivity contribution >= 4 is 15.8 Å². The Labute approximate surface area is 133 Å². The van der Waals surface area contributed by atoms with Gasteiger partial charge in [0.2, 0.25) is 10.0 Å². The number of rotatable bonds is 5. The normalized spacial score (nSPS) is 16.8. The van der Waals surface area contributed by atoms with Crippen LogP contribution in [0.4, 0.5) is 5.82 Å². The summed E-state index contributed by atoms with van der Waals surface area (Å²) in [6.07, 6.45) is 1.46. The van der Waals surface area contributed by atoms with Gasteiger partial charge in [-0.25, -0.2) is 13.4 Å². The second-order valence-corrected chi connectivity index (χ2v) is 7.82. The van der Waals surface area contributed by atoms with E-state index in [1.165, 1.54) is 10.5 Å². The first kappa shape index (κ1) is 17.2. The van der Waals surface area contributed by atoms with Gasteiger partial charge in [-0.1, -0.05) is 0 Å². The Morgan fingerprint density at radius 3 is 2.18 bits per heavy atom. The Bertz CT molecular complexity index is 571. The maximum absolute atomic E-state index is 12.8. The zero-order chi connectivity index (χ0) is 16.3. The summed E-state index contributed by atoms with van der Waals surface area (Å²) in [6, 6.07) is 3.23. The van der Waals surface area contributed by atoms with Crippen LogP contribution in [0.1, 0.15) is 27.7 Å². The van der Waals surface area contributed by atoms with Crippen LogP contribution < -0.4 is 4.90 Å². The average Bonchev–Trinajstić information content (AvgIpc) is 2.47. The lowest BCUT2D eigenvalue weighted by Crippen LogP contribution is -2.42. The third kappa shape index (κ3) is 3.59. The molecule has 0 aliphatic carbocycles. The summed E-state index contributed by atoms with van der Waals surface area (Å²) in [5, 5.41) is 0. The van der Waals surface area contributed by atoms with Crippen molar-refractivity contribution in [3.8, 4) is 0 Å². The van der Waals surface area contributed by atoms with Crippen LogP contribution in [0.2, 0.25) is 0 Å².